The summed E-state index contributed by atoms with van der Waals surface area (Å²) in [5.41, 5.74) is 0.585. The molecular weight excluding hydrogens is 328 g/mol. The van der Waals surface area contributed by atoms with Gasteiger partial charge in [-0.1, -0.05) is 23.7 Å². The molecule has 1 aromatic carbocycles. The number of nitrogens with zero attached hydrogens (tertiary/aromatic N) is 1. The topological polar surface area (TPSA) is 83.6 Å². The number of benzene rings is 1. The van der Waals surface area contributed by atoms with Crippen molar-refractivity contribution in [1.29, 1.82) is 0 Å². The molecule has 1 aliphatic heterocycles. The van der Waals surface area contributed by atoms with Gasteiger partial charge in [0.2, 0.25) is 11.8 Å². The van der Waals surface area contributed by atoms with Gasteiger partial charge < -0.3 is 10.2 Å². The predicted octanol–water partition coefficient (Wildman–Crippen LogP) is 0.995. The molecule has 1 heterocycles. The molecule has 0 saturated carbocycles. The highest BCUT2D eigenvalue weighted by Gasteiger charge is 2.34. The number of sulfone groups is 1. The Hall–Kier alpha value is -1.60. The molecule has 0 radical (unpaired) electrons. The van der Waals surface area contributed by atoms with E-state index in [0.29, 0.717) is 10.7 Å². The molecule has 1 saturated heterocycles. The second-order valence-corrected chi connectivity index (χ2v) is 8.11. The summed E-state index contributed by atoms with van der Waals surface area (Å²) in [5, 5.41) is 1.92. The largest absolute Gasteiger partial charge is 0.350 e. The normalized spacial score (nSPS) is 20.0. The highest BCUT2D eigenvalue weighted by atomic mass is 35.5. The summed E-state index contributed by atoms with van der Waals surface area (Å²) in [7, 11) is -3.46. The fourth-order valence-corrected chi connectivity index (χ4v) is 2.92. The molecular formula is C14H17ClN2O4S. The Morgan fingerprint density at radius 1 is 1.41 bits per heavy atom. The molecule has 6 nitrogen and oxygen atoms in total. The lowest BCUT2D eigenvalue weighted by Crippen LogP contribution is -2.44. The smallest absolute Gasteiger partial charge is 0.238 e. The van der Waals surface area contributed by atoms with Gasteiger partial charge in [0.05, 0.1) is 16.8 Å². The van der Waals surface area contributed by atoms with Gasteiger partial charge in [-0.05, 0) is 19.1 Å². The number of para-hydroxylation sites is 1. The maximum absolute atomic E-state index is 12.1. The number of rotatable bonds is 4. The van der Waals surface area contributed by atoms with Crippen LogP contribution in [0, 0.1) is 0 Å². The zero-order valence-electron chi connectivity index (χ0n) is 12.2. The van der Waals surface area contributed by atoms with Crippen LogP contribution in [0.15, 0.2) is 24.3 Å². The fraction of sp³-hybridized carbons (Fsp3) is 0.429. The SMILES string of the molecule is C[C@H](C(=O)N[C@H]1CC(=O)N(c2ccccc2Cl)C1)S(C)(=O)=O. The second kappa shape index (κ2) is 6.26. The van der Waals surface area contributed by atoms with E-state index in [1.807, 2.05) is 0 Å². The molecule has 0 unspecified atom stereocenters. The monoisotopic (exact) mass is 344 g/mol. The Bertz CT molecular complexity index is 705. The molecule has 22 heavy (non-hydrogen) atoms. The molecule has 8 heteroatoms. The molecule has 2 amide bonds. The number of halogens is 1. The molecule has 2 rings (SSSR count). The van der Waals surface area contributed by atoms with Crippen LogP contribution >= 0.6 is 11.6 Å². The number of nitrogens with one attached hydrogen (secondary N) is 1. The van der Waals surface area contributed by atoms with Crippen molar-refractivity contribution in [2.24, 2.45) is 0 Å². The van der Waals surface area contributed by atoms with Crippen molar-refractivity contribution in [3.8, 4) is 0 Å². The van der Waals surface area contributed by atoms with Gasteiger partial charge in [0, 0.05) is 19.2 Å². The number of amides is 2. The maximum Gasteiger partial charge on any atom is 0.238 e. The van der Waals surface area contributed by atoms with E-state index >= 15 is 0 Å². The van der Waals surface area contributed by atoms with E-state index in [-0.39, 0.29) is 18.9 Å². The van der Waals surface area contributed by atoms with E-state index in [2.05, 4.69) is 5.32 Å². The van der Waals surface area contributed by atoms with Crippen LogP contribution in [0.4, 0.5) is 5.69 Å². The summed E-state index contributed by atoms with van der Waals surface area (Å²) in [5.74, 6) is -0.758. The average Bonchev–Trinajstić information content (AvgIpc) is 2.78. The molecule has 1 aliphatic rings. The zero-order chi connectivity index (χ0) is 16.5. The Morgan fingerprint density at radius 2 is 2.05 bits per heavy atom. The molecule has 1 N–H and O–H groups in total. The minimum atomic E-state index is -3.46. The Kier molecular flexibility index (Phi) is 4.77. The third kappa shape index (κ3) is 3.59. The summed E-state index contributed by atoms with van der Waals surface area (Å²) in [6.07, 6.45) is 1.13. The van der Waals surface area contributed by atoms with Crippen molar-refractivity contribution in [2.45, 2.75) is 24.6 Å². The fourth-order valence-electron chi connectivity index (χ4n) is 2.22. The van der Waals surface area contributed by atoms with Gasteiger partial charge in [-0.25, -0.2) is 8.42 Å². The molecule has 0 aliphatic carbocycles. The van der Waals surface area contributed by atoms with Crippen LogP contribution in [-0.2, 0) is 19.4 Å². The number of hydrogen-bond donors (Lipinski definition) is 1. The summed E-state index contributed by atoms with van der Waals surface area (Å²) in [6.45, 7) is 1.60. The van der Waals surface area contributed by atoms with Gasteiger partial charge in [0.1, 0.15) is 5.25 Å². The van der Waals surface area contributed by atoms with Crippen LogP contribution in [0.2, 0.25) is 5.02 Å². The van der Waals surface area contributed by atoms with E-state index in [1.54, 1.807) is 24.3 Å². The summed E-state index contributed by atoms with van der Waals surface area (Å²) < 4.78 is 22.8. The Morgan fingerprint density at radius 3 is 2.64 bits per heavy atom. The van der Waals surface area contributed by atoms with Crippen LogP contribution in [0.1, 0.15) is 13.3 Å². The van der Waals surface area contributed by atoms with E-state index in [9.17, 15) is 18.0 Å². The summed E-state index contributed by atoms with van der Waals surface area (Å²) in [6, 6.07) is 6.51. The van der Waals surface area contributed by atoms with Crippen molar-refractivity contribution < 1.29 is 18.0 Å². The van der Waals surface area contributed by atoms with Crippen molar-refractivity contribution in [3.63, 3.8) is 0 Å². The minimum Gasteiger partial charge on any atom is -0.350 e. The summed E-state index contributed by atoms with van der Waals surface area (Å²) in [4.78, 5) is 25.5. The Balaban J connectivity index is 2.07. The highest BCUT2D eigenvalue weighted by molar-refractivity contribution is 7.92. The Labute approximate surface area is 134 Å². The number of carbonyl (C=O) groups excluding carboxylic acids is 2. The predicted molar refractivity (Wildman–Crippen MR) is 84.7 cm³/mol. The van der Waals surface area contributed by atoms with Crippen molar-refractivity contribution in [2.75, 3.05) is 17.7 Å². The van der Waals surface area contributed by atoms with Crippen LogP contribution in [0.5, 0.6) is 0 Å². The van der Waals surface area contributed by atoms with Gasteiger partial charge in [-0.3, -0.25) is 9.59 Å². The lowest BCUT2D eigenvalue weighted by atomic mass is 10.2. The first-order chi connectivity index (χ1) is 10.2. The quantitative estimate of drug-likeness (QED) is 0.883. The lowest BCUT2D eigenvalue weighted by Gasteiger charge is -2.19. The van der Waals surface area contributed by atoms with Gasteiger partial charge in [-0.2, -0.15) is 0 Å². The van der Waals surface area contributed by atoms with Gasteiger partial charge in [0.25, 0.3) is 0 Å². The summed E-state index contributed by atoms with van der Waals surface area (Å²) >= 11 is 6.07. The van der Waals surface area contributed by atoms with Crippen LogP contribution in [0.25, 0.3) is 0 Å². The second-order valence-electron chi connectivity index (χ2n) is 5.34. The molecule has 0 aromatic heterocycles. The molecule has 120 valence electrons. The highest BCUT2D eigenvalue weighted by Crippen LogP contribution is 2.29. The van der Waals surface area contributed by atoms with E-state index in [0.717, 1.165) is 6.26 Å². The molecule has 1 fully saturated rings. The van der Waals surface area contributed by atoms with Gasteiger partial charge >= 0.3 is 0 Å². The average molecular weight is 345 g/mol. The third-order valence-corrected chi connectivity index (χ3v) is 5.44. The van der Waals surface area contributed by atoms with Crippen LogP contribution in [-0.4, -0.2) is 44.3 Å². The van der Waals surface area contributed by atoms with Crippen LogP contribution in [0.3, 0.4) is 0 Å². The van der Waals surface area contributed by atoms with E-state index in [4.69, 9.17) is 11.6 Å². The molecule has 2 atom stereocenters. The molecule has 1 aromatic rings. The first kappa shape index (κ1) is 16.8. The number of carbonyl (C=O) groups is 2. The first-order valence-corrected chi connectivity index (χ1v) is 9.07. The minimum absolute atomic E-state index is 0.118. The van der Waals surface area contributed by atoms with Crippen molar-refractivity contribution in [3.05, 3.63) is 29.3 Å². The van der Waals surface area contributed by atoms with Crippen molar-refractivity contribution >= 4 is 38.9 Å². The maximum atomic E-state index is 12.1. The number of anilines is 1. The van der Waals surface area contributed by atoms with Crippen molar-refractivity contribution in [1.82, 2.24) is 5.32 Å². The molecule has 0 bridgehead atoms. The number of hydrogen-bond acceptors (Lipinski definition) is 4. The van der Waals surface area contributed by atoms with E-state index in [1.165, 1.54) is 11.8 Å². The zero-order valence-corrected chi connectivity index (χ0v) is 13.8. The van der Waals surface area contributed by atoms with Crippen LogP contribution < -0.4 is 10.2 Å². The van der Waals surface area contributed by atoms with Gasteiger partial charge in [0.15, 0.2) is 9.84 Å². The third-order valence-electron chi connectivity index (χ3n) is 3.63. The first-order valence-electron chi connectivity index (χ1n) is 6.74. The lowest BCUT2D eigenvalue weighted by molar-refractivity contribution is -0.121. The van der Waals surface area contributed by atoms with E-state index < -0.39 is 27.0 Å². The van der Waals surface area contributed by atoms with Gasteiger partial charge in [-0.15, -0.1) is 0 Å². The standard InChI is InChI=1S/C14H17ClN2O4S/c1-9(22(2,20)21)14(19)16-10-7-13(18)17(8-10)12-6-4-3-5-11(12)15/h3-6,9-10H,7-8H2,1-2H3,(H,16,19)/t9-,10+/m1/s1. The molecule has 0 spiro atoms.